The van der Waals surface area contributed by atoms with Gasteiger partial charge in [0.25, 0.3) is 5.91 Å². The zero-order valence-corrected chi connectivity index (χ0v) is 10.7. The normalized spacial score (nSPS) is 12.5. The second-order valence-electron chi connectivity index (χ2n) is 4.51. The van der Waals surface area contributed by atoms with Crippen LogP contribution in [0.5, 0.6) is 0 Å². The molecule has 98 valence electrons. The summed E-state index contributed by atoms with van der Waals surface area (Å²) in [6.45, 7) is 0.615. The Morgan fingerprint density at radius 1 is 1.42 bits per heavy atom. The first-order chi connectivity index (χ1) is 9.20. The number of terminal acetylenes is 1. The fourth-order valence-corrected chi connectivity index (χ4v) is 2.01. The van der Waals surface area contributed by atoms with E-state index in [1.54, 1.807) is 12.1 Å². The van der Waals surface area contributed by atoms with Gasteiger partial charge in [-0.2, -0.15) is 0 Å². The van der Waals surface area contributed by atoms with Gasteiger partial charge in [-0.05, 0) is 30.5 Å². The molecule has 19 heavy (non-hydrogen) atoms. The highest BCUT2D eigenvalue weighted by Crippen LogP contribution is 2.23. The number of unbranched alkanes of at least 4 members (excludes halogenated alkanes) is 2. The number of nitrogens with one attached hydrogen (secondary N) is 2. The molecule has 0 atom stereocenters. The zero-order valence-electron chi connectivity index (χ0n) is 10.7. The number of hydrogen-bond donors (Lipinski definition) is 2. The molecular weight excluding hydrogens is 240 g/mol. The lowest BCUT2D eigenvalue weighted by Crippen LogP contribution is -2.24. The molecule has 4 nitrogen and oxygen atoms in total. The number of carbonyl (C=O) groups is 2. The van der Waals surface area contributed by atoms with E-state index in [1.165, 1.54) is 0 Å². The van der Waals surface area contributed by atoms with E-state index in [2.05, 4.69) is 16.6 Å². The summed E-state index contributed by atoms with van der Waals surface area (Å²) in [5, 5.41) is 5.58. The number of anilines is 1. The molecule has 2 rings (SSSR count). The first kappa shape index (κ1) is 13.2. The molecule has 1 heterocycles. The summed E-state index contributed by atoms with van der Waals surface area (Å²) in [7, 11) is 0. The minimum absolute atomic E-state index is 0.0261. The Kier molecular flexibility index (Phi) is 4.19. The van der Waals surface area contributed by atoms with Crippen molar-refractivity contribution in [2.75, 3.05) is 11.9 Å². The van der Waals surface area contributed by atoms with Gasteiger partial charge in [-0.1, -0.05) is 6.07 Å². The van der Waals surface area contributed by atoms with Crippen LogP contribution in [0, 0.1) is 12.3 Å². The topological polar surface area (TPSA) is 58.2 Å². The lowest BCUT2D eigenvalue weighted by molar-refractivity contribution is -0.115. The zero-order chi connectivity index (χ0) is 13.7. The highest BCUT2D eigenvalue weighted by Gasteiger charge is 2.18. The van der Waals surface area contributed by atoms with Crippen LogP contribution in [0.4, 0.5) is 5.69 Å². The summed E-state index contributed by atoms with van der Waals surface area (Å²) in [4.78, 5) is 23.1. The van der Waals surface area contributed by atoms with E-state index in [-0.39, 0.29) is 11.8 Å². The Hall–Kier alpha value is -2.28. The van der Waals surface area contributed by atoms with E-state index in [0.29, 0.717) is 18.5 Å². The smallest absolute Gasteiger partial charge is 0.251 e. The third-order valence-corrected chi connectivity index (χ3v) is 3.03. The molecule has 0 radical (unpaired) electrons. The third-order valence-electron chi connectivity index (χ3n) is 3.03. The summed E-state index contributed by atoms with van der Waals surface area (Å²) in [5.74, 6) is 2.42. The second kappa shape index (κ2) is 6.05. The number of carbonyl (C=O) groups excluding carboxylic acids is 2. The summed E-state index contributed by atoms with van der Waals surface area (Å²) >= 11 is 0. The van der Waals surface area contributed by atoms with Crippen LogP contribution in [0.25, 0.3) is 0 Å². The molecule has 0 aromatic heterocycles. The van der Waals surface area contributed by atoms with Crippen LogP contribution >= 0.6 is 0 Å². The Morgan fingerprint density at radius 3 is 3.05 bits per heavy atom. The second-order valence-corrected chi connectivity index (χ2v) is 4.51. The lowest BCUT2D eigenvalue weighted by atomic mass is 10.1. The third kappa shape index (κ3) is 3.35. The average Bonchev–Trinajstić information content (AvgIpc) is 2.77. The molecular formula is C15H16N2O2. The highest BCUT2D eigenvalue weighted by atomic mass is 16.2. The maximum atomic E-state index is 11.9. The number of fused-ring (bicyclic) bond motifs is 1. The Balaban J connectivity index is 1.88. The van der Waals surface area contributed by atoms with Crippen molar-refractivity contribution in [3.05, 3.63) is 29.3 Å². The van der Waals surface area contributed by atoms with Crippen molar-refractivity contribution >= 4 is 17.5 Å². The fraction of sp³-hybridized carbons (Fsp3) is 0.333. The van der Waals surface area contributed by atoms with Crippen LogP contribution in [0.1, 0.15) is 35.2 Å². The molecule has 2 N–H and O–H groups in total. The Morgan fingerprint density at radius 2 is 2.26 bits per heavy atom. The molecule has 2 amide bonds. The Bertz CT molecular complexity index is 544. The molecule has 1 aliphatic rings. The van der Waals surface area contributed by atoms with Gasteiger partial charge in [-0.25, -0.2) is 0 Å². The summed E-state index contributed by atoms with van der Waals surface area (Å²) in [6, 6.07) is 5.29. The summed E-state index contributed by atoms with van der Waals surface area (Å²) < 4.78 is 0. The first-order valence-electron chi connectivity index (χ1n) is 6.35. The maximum Gasteiger partial charge on any atom is 0.251 e. The molecule has 0 fully saturated rings. The number of benzene rings is 1. The largest absolute Gasteiger partial charge is 0.352 e. The van der Waals surface area contributed by atoms with Crippen LogP contribution in [0.2, 0.25) is 0 Å². The van der Waals surface area contributed by atoms with Crippen LogP contribution < -0.4 is 10.6 Å². The molecule has 1 aromatic rings. The standard InChI is InChI=1S/C15H16N2O2/c1-2-3-4-5-8-16-15(19)12-7-6-11-10-14(18)17-13(11)9-12/h1,6-7,9H,3-5,8,10H2,(H,16,19)(H,17,18). The van der Waals surface area contributed by atoms with Crippen molar-refractivity contribution in [2.24, 2.45) is 0 Å². The molecule has 0 unspecified atom stereocenters. The van der Waals surface area contributed by atoms with E-state index in [4.69, 9.17) is 6.42 Å². The first-order valence-corrected chi connectivity index (χ1v) is 6.35. The van der Waals surface area contributed by atoms with Crippen LogP contribution in [0.15, 0.2) is 18.2 Å². The molecule has 1 aromatic carbocycles. The fourth-order valence-electron chi connectivity index (χ4n) is 2.01. The monoisotopic (exact) mass is 256 g/mol. The maximum absolute atomic E-state index is 11.9. The molecule has 0 saturated carbocycles. The van der Waals surface area contributed by atoms with Gasteiger partial charge in [-0.15, -0.1) is 12.3 Å². The molecule has 0 bridgehead atoms. The molecule has 0 saturated heterocycles. The van der Waals surface area contributed by atoms with Gasteiger partial charge >= 0.3 is 0 Å². The van der Waals surface area contributed by atoms with Crippen molar-refractivity contribution in [2.45, 2.75) is 25.7 Å². The van der Waals surface area contributed by atoms with Crippen LogP contribution in [-0.4, -0.2) is 18.4 Å². The predicted molar refractivity (Wildman–Crippen MR) is 73.8 cm³/mol. The molecule has 0 spiro atoms. The van der Waals surface area contributed by atoms with E-state index in [9.17, 15) is 9.59 Å². The van der Waals surface area contributed by atoms with E-state index >= 15 is 0 Å². The van der Waals surface area contributed by atoms with Gasteiger partial charge < -0.3 is 10.6 Å². The summed E-state index contributed by atoms with van der Waals surface area (Å²) in [5.41, 5.74) is 2.25. The SMILES string of the molecule is C#CCCCCNC(=O)c1ccc2c(c1)NC(=O)C2. The van der Waals surface area contributed by atoms with Gasteiger partial charge in [-0.3, -0.25) is 9.59 Å². The highest BCUT2D eigenvalue weighted by molar-refractivity contribution is 6.02. The number of hydrogen-bond acceptors (Lipinski definition) is 2. The summed E-state index contributed by atoms with van der Waals surface area (Å²) in [6.07, 6.45) is 8.07. The van der Waals surface area contributed by atoms with Gasteiger partial charge in [0, 0.05) is 24.2 Å². The molecule has 4 heteroatoms. The van der Waals surface area contributed by atoms with Gasteiger partial charge in [0.1, 0.15) is 0 Å². The van der Waals surface area contributed by atoms with Gasteiger partial charge in [0.15, 0.2) is 0 Å². The molecule has 1 aliphatic heterocycles. The minimum atomic E-state index is -0.121. The Labute approximate surface area is 112 Å². The van der Waals surface area contributed by atoms with Crippen molar-refractivity contribution in [1.82, 2.24) is 5.32 Å². The number of amides is 2. The van der Waals surface area contributed by atoms with E-state index in [0.717, 1.165) is 30.5 Å². The quantitative estimate of drug-likeness (QED) is 0.622. The van der Waals surface area contributed by atoms with Crippen LogP contribution in [-0.2, 0) is 11.2 Å². The molecule has 0 aliphatic carbocycles. The van der Waals surface area contributed by atoms with E-state index in [1.807, 2.05) is 6.07 Å². The average molecular weight is 256 g/mol. The van der Waals surface area contributed by atoms with Gasteiger partial charge in [0.05, 0.1) is 6.42 Å². The number of rotatable bonds is 5. The van der Waals surface area contributed by atoms with Crippen molar-refractivity contribution < 1.29 is 9.59 Å². The van der Waals surface area contributed by atoms with Crippen molar-refractivity contribution in [3.8, 4) is 12.3 Å². The minimum Gasteiger partial charge on any atom is -0.352 e. The lowest BCUT2D eigenvalue weighted by Gasteiger charge is -2.06. The van der Waals surface area contributed by atoms with E-state index < -0.39 is 0 Å². The van der Waals surface area contributed by atoms with Crippen molar-refractivity contribution in [1.29, 1.82) is 0 Å². The van der Waals surface area contributed by atoms with Gasteiger partial charge in [0.2, 0.25) is 5.91 Å². The van der Waals surface area contributed by atoms with Crippen molar-refractivity contribution in [3.63, 3.8) is 0 Å². The van der Waals surface area contributed by atoms with Crippen LogP contribution in [0.3, 0.4) is 0 Å². The predicted octanol–water partition coefficient (Wildman–Crippen LogP) is 1.71.